The molecule has 0 bridgehead atoms. The van der Waals surface area contributed by atoms with Gasteiger partial charge >= 0.3 is 0 Å². The van der Waals surface area contributed by atoms with Crippen molar-refractivity contribution in [3.8, 4) is 0 Å². The lowest BCUT2D eigenvalue weighted by molar-refractivity contribution is 0.675. The normalized spacial score (nSPS) is 7.70. The summed E-state index contributed by atoms with van der Waals surface area (Å²) in [4.78, 5) is 0. The van der Waals surface area contributed by atoms with Crippen LogP contribution in [0.3, 0.4) is 0 Å². The summed E-state index contributed by atoms with van der Waals surface area (Å²) in [5, 5.41) is 0. The van der Waals surface area contributed by atoms with Crippen molar-refractivity contribution in [2.75, 3.05) is 0 Å². The zero-order valence-electron chi connectivity index (χ0n) is 6.94. The molecular formula is C9H18S. The topological polar surface area (TPSA) is 0 Å². The van der Waals surface area contributed by atoms with Crippen molar-refractivity contribution in [1.29, 1.82) is 0 Å². The van der Waals surface area contributed by atoms with Gasteiger partial charge in [0.25, 0.3) is 0 Å². The Bertz CT molecular complexity index is 59.7. The second kappa shape index (κ2) is 15.9. The van der Waals surface area contributed by atoms with Gasteiger partial charge in [-0.2, -0.15) is 0 Å². The maximum atomic E-state index is 3.83. The van der Waals surface area contributed by atoms with Gasteiger partial charge in [-0.3, -0.25) is 0 Å². The van der Waals surface area contributed by atoms with Gasteiger partial charge in [-0.15, -0.1) is 6.58 Å². The first-order valence-electron chi connectivity index (χ1n) is 3.81. The minimum Gasteiger partial charge on any atom is -0.103 e. The van der Waals surface area contributed by atoms with Gasteiger partial charge in [0, 0.05) is 0 Å². The lowest BCUT2D eigenvalue weighted by atomic mass is 10.2. The largest absolute Gasteiger partial charge is 0.103 e. The van der Waals surface area contributed by atoms with Crippen LogP contribution in [-0.4, -0.2) is 5.87 Å². The molecule has 0 aliphatic carbocycles. The van der Waals surface area contributed by atoms with Crippen LogP contribution in [0.1, 0.15) is 39.0 Å². The molecule has 0 aromatic rings. The molecule has 0 amide bonds. The van der Waals surface area contributed by atoms with Gasteiger partial charge < -0.3 is 0 Å². The van der Waals surface area contributed by atoms with E-state index in [1.54, 1.807) is 0 Å². The fraction of sp³-hybridized carbons (Fsp3) is 0.667. The van der Waals surface area contributed by atoms with Gasteiger partial charge in [0.2, 0.25) is 0 Å². The average Bonchev–Trinajstić information content (AvgIpc) is 2.02. The Morgan fingerprint density at radius 2 is 1.80 bits per heavy atom. The van der Waals surface area contributed by atoms with Crippen LogP contribution in [0.15, 0.2) is 12.7 Å². The summed E-state index contributed by atoms with van der Waals surface area (Å²) in [7, 11) is 0. The minimum absolute atomic E-state index is 1.19. The summed E-state index contributed by atoms with van der Waals surface area (Å²) in [6.07, 6.45) is 8.61. The Morgan fingerprint density at radius 3 is 2.20 bits per heavy atom. The molecule has 0 nitrogen and oxygen atoms in total. The number of hydrogen-bond acceptors (Lipinski definition) is 1. The molecule has 0 aromatic heterocycles. The first kappa shape index (κ1) is 12.5. The molecule has 0 saturated heterocycles. The Hall–Kier alpha value is -0.170. The maximum absolute atomic E-state index is 3.83. The van der Waals surface area contributed by atoms with Crippen LogP contribution >= 0.6 is 12.2 Å². The first-order chi connectivity index (χ1) is 4.91. The van der Waals surface area contributed by atoms with E-state index >= 15 is 0 Å². The number of rotatable bonds is 5. The van der Waals surface area contributed by atoms with Crippen LogP contribution in [0.5, 0.6) is 0 Å². The van der Waals surface area contributed by atoms with Crippen molar-refractivity contribution in [3.63, 3.8) is 0 Å². The molecule has 0 heterocycles. The Kier molecular flexibility index (Phi) is 19.9. The summed E-state index contributed by atoms with van der Waals surface area (Å²) in [5.74, 6) is 2.83. The van der Waals surface area contributed by atoms with E-state index in [0.29, 0.717) is 0 Å². The molecule has 0 fully saturated rings. The van der Waals surface area contributed by atoms with E-state index in [0.717, 1.165) is 0 Å². The highest BCUT2D eigenvalue weighted by atomic mass is 32.1. The Balaban J connectivity index is 0. The number of hydrogen-bond donors (Lipinski definition) is 0. The lowest BCUT2D eigenvalue weighted by Crippen LogP contribution is -1.71. The summed E-state index contributed by atoms with van der Waals surface area (Å²) in [6.45, 7) is 5.89. The molecule has 0 saturated carbocycles. The highest BCUT2D eigenvalue weighted by Crippen LogP contribution is 2.01. The second-order valence-corrected chi connectivity index (χ2v) is 2.14. The van der Waals surface area contributed by atoms with Crippen LogP contribution in [0.25, 0.3) is 0 Å². The van der Waals surface area contributed by atoms with Crippen LogP contribution in [0.2, 0.25) is 0 Å². The minimum atomic E-state index is 1.19. The SMILES string of the molecule is C=CCCCCCC.C=S. The molecule has 0 atom stereocenters. The summed E-state index contributed by atoms with van der Waals surface area (Å²) < 4.78 is 0. The average molecular weight is 158 g/mol. The molecule has 0 aromatic carbocycles. The number of unbranched alkanes of at least 4 members (excludes halogenated alkanes) is 4. The molecule has 10 heavy (non-hydrogen) atoms. The predicted molar refractivity (Wildman–Crippen MR) is 53.7 cm³/mol. The highest BCUT2D eigenvalue weighted by Gasteiger charge is 1.81. The molecule has 0 spiro atoms. The van der Waals surface area contributed by atoms with Crippen LogP contribution in [-0.2, 0) is 0 Å². The number of allylic oxidation sites excluding steroid dienone is 1. The molecule has 0 rings (SSSR count). The third kappa shape index (κ3) is 15.7. The van der Waals surface area contributed by atoms with Gasteiger partial charge in [0.15, 0.2) is 0 Å². The zero-order chi connectivity index (χ0) is 8.24. The summed E-state index contributed by atoms with van der Waals surface area (Å²) in [5.41, 5.74) is 0. The van der Waals surface area contributed by atoms with E-state index in [1.807, 2.05) is 6.08 Å². The fourth-order valence-electron chi connectivity index (χ4n) is 0.715. The van der Waals surface area contributed by atoms with Crippen molar-refractivity contribution >= 4 is 18.1 Å². The van der Waals surface area contributed by atoms with E-state index in [-0.39, 0.29) is 0 Å². The van der Waals surface area contributed by atoms with Crippen LogP contribution in [0, 0.1) is 0 Å². The van der Waals surface area contributed by atoms with E-state index in [2.05, 4.69) is 31.6 Å². The van der Waals surface area contributed by atoms with Gasteiger partial charge in [0.05, 0.1) is 0 Å². The second-order valence-electron chi connectivity index (χ2n) is 2.14. The van der Waals surface area contributed by atoms with Crippen LogP contribution in [0.4, 0.5) is 0 Å². The predicted octanol–water partition coefficient (Wildman–Crippen LogP) is 3.76. The molecule has 0 radical (unpaired) electrons. The lowest BCUT2D eigenvalue weighted by Gasteiger charge is -1.91. The van der Waals surface area contributed by atoms with Gasteiger partial charge in [-0.25, -0.2) is 0 Å². The molecule has 0 aliphatic heterocycles. The van der Waals surface area contributed by atoms with E-state index in [9.17, 15) is 0 Å². The molecular weight excluding hydrogens is 140 g/mol. The standard InChI is InChI=1S/C8H16.CH2S/c1-3-5-7-8-6-4-2;1-2/h3H,1,4-8H2,2H3;1H2. The maximum Gasteiger partial charge on any atom is -0.0351 e. The Morgan fingerprint density at radius 1 is 1.20 bits per heavy atom. The molecule has 60 valence electrons. The van der Waals surface area contributed by atoms with Crippen molar-refractivity contribution < 1.29 is 0 Å². The Labute approximate surface area is 70.3 Å². The molecule has 0 aliphatic rings. The van der Waals surface area contributed by atoms with Crippen molar-refractivity contribution in [2.45, 2.75) is 39.0 Å². The third-order valence-corrected chi connectivity index (χ3v) is 1.26. The summed E-state index contributed by atoms with van der Waals surface area (Å²) >= 11 is 3.83. The zero-order valence-corrected chi connectivity index (χ0v) is 7.75. The quantitative estimate of drug-likeness (QED) is 0.333. The third-order valence-electron chi connectivity index (χ3n) is 1.26. The van der Waals surface area contributed by atoms with E-state index in [1.165, 1.54) is 32.1 Å². The molecule has 1 heteroatoms. The van der Waals surface area contributed by atoms with Gasteiger partial charge in [0.1, 0.15) is 0 Å². The monoisotopic (exact) mass is 158 g/mol. The summed E-state index contributed by atoms with van der Waals surface area (Å²) in [6, 6.07) is 0. The number of thiocarbonyl (C=S) groups is 1. The smallest absolute Gasteiger partial charge is 0.0351 e. The van der Waals surface area contributed by atoms with Crippen molar-refractivity contribution in [3.05, 3.63) is 12.7 Å². The first-order valence-corrected chi connectivity index (χ1v) is 4.39. The van der Waals surface area contributed by atoms with E-state index < -0.39 is 0 Å². The molecule has 0 unspecified atom stereocenters. The van der Waals surface area contributed by atoms with Crippen LogP contribution < -0.4 is 0 Å². The van der Waals surface area contributed by atoms with E-state index in [4.69, 9.17) is 0 Å². The van der Waals surface area contributed by atoms with Crippen molar-refractivity contribution in [2.24, 2.45) is 0 Å². The molecule has 0 N–H and O–H groups in total. The highest BCUT2D eigenvalue weighted by molar-refractivity contribution is 7.77. The van der Waals surface area contributed by atoms with Gasteiger partial charge in [-0.1, -0.05) is 44.5 Å². The van der Waals surface area contributed by atoms with Gasteiger partial charge in [-0.05, 0) is 18.7 Å². The fourth-order valence-corrected chi connectivity index (χ4v) is 0.715. The van der Waals surface area contributed by atoms with Crippen molar-refractivity contribution in [1.82, 2.24) is 0 Å².